The molecule has 0 radical (unpaired) electrons. The lowest BCUT2D eigenvalue weighted by molar-refractivity contribution is 0.523. The lowest BCUT2D eigenvalue weighted by Crippen LogP contribution is -1.03. The highest BCUT2D eigenvalue weighted by Gasteiger charge is 1.29. The Kier molecular flexibility index (Phi) is 123. The third kappa shape index (κ3) is 1340. The molecule has 0 bridgehead atoms. The van der Waals surface area contributed by atoms with Crippen LogP contribution in [0.5, 0.6) is 0 Å². The van der Waals surface area contributed by atoms with E-state index >= 15 is 0 Å². The molecule has 0 aliphatic carbocycles. The predicted octanol–water partition coefficient (Wildman–Crippen LogP) is 0.614. The van der Waals surface area contributed by atoms with Crippen LogP contribution in [-0.2, 0) is 13.7 Å². The zero-order valence-electron chi connectivity index (χ0n) is 4.62. The van der Waals surface area contributed by atoms with Crippen molar-refractivity contribution < 1.29 is 28.4 Å². The molecule has 0 aliphatic heterocycles. The summed E-state index contributed by atoms with van der Waals surface area (Å²) in [7, 11) is -2.50. The second kappa shape index (κ2) is 54.7. The van der Waals surface area contributed by atoms with Crippen LogP contribution in [0.3, 0.4) is 0 Å². The van der Waals surface area contributed by atoms with Gasteiger partial charge in [0.05, 0.1) is 0 Å². The van der Waals surface area contributed by atoms with Crippen molar-refractivity contribution >= 4 is 36.0 Å². The molecule has 0 rings (SSSR count). The molecule has 0 aromatic rings. The molecule has 1 atom stereocenters. The molecule has 10 heavy (non-hydrogen) atoms. The van der Waals surface area contributed by atoms with Gasteiger partial charge in [-0.05, 0) is 0 Å². The van der Waals surface area contributed by atoms with Crippen molar-refractivity contribution in [2.75, 3.05) is 0 Å². The number of hydrogen-bond acceptors (Lipinski definition) is 3. The Bertz CT molecular complexity index is 46.5. The first kappa shape index (κ1) is 22.4. The summed E-state index contributed by atoms with van der Waals surface area (Å²) >= 11 is 0. The smallest absolute Gasteiger partial charge is 0.310 e. The average Bonchev–Trinajstić information content (AvgIpc) is 1.70. The van der Waals surface area contributed by atoms with Crippen molar-refractivity contribution in [3.8, 4) is 0 Å². The Labute approximate surface area is 65.1 Å². The summed E-state index contributed by atoms with van der Waals surface area (Å²) in [6.07, 6.45) is 0. The first-order valence-electron chi connectivity index (χ1n) is 1.15. The summed E-state index contributed by atoms with van der Waals surface area (Å²) in [6, 6.07) is 0. The quantitative estimate of drug-likeness (QED) is 0.521. The first-order chi connectivity index (χ1) is 4.24. The van der Waals surface area contributed by atoms with Crippen LogP contribution in [0.1, 0.15) is 0 Å². The van der Waals surface area contributed by atoms with E-state index in [1.165, 1.54) is 0 Å². The fourth-order valence-corrected chi connectivity index (χ4v) is 0. The van der Waals surface area contributed by atoms with Gasteiger partial charge in [0.2, 0.25) is 0 Å². The van der Waals surface area contributed by atoms with Crippen molar-refractivity contribution in [3.05, 3.63) is 0 Å². The lowest BCUT2D eigenvalue weighted by atomic mass is 15.9. The summed E-state index contributed by atoms with van der Waals surface area (Å²) in [5.74, 6) is 0. The summed E-state index contributed by atoms with van der Waals surface area (Å²) in [5, 5.41) is 0. The molecule has 1 unspecified atom stereocenters. The highest BCUT2D eigenvalue weighted by molar-refractivity contribution is 7.16. The molecule has 0 fully saturated rings. The minimum Gasteiger partial charge on any atom is -0.310 e. The molecule has 6 nitrogen and oxygen atoms in total. The second-order valence-corrected chi connectivity index (χ2v) is 0.735. The topological polar surface area (TPSA) is 112 Å². The molecule has 3 N–H and O–H groups in total. The Morgan fingerprint density at radius 1 is 0.700 bits per heavy atom. The van der Waals surface area contributed by atoms with Crippen molar-refractivity contribution in [2.45, 2.75) is 0 Å². The molecular weight excluding hydrogens is 220 g/mol. The van der Waals surface area contributed by atoms with Gasteiger partial charge in [0.15, 0.2) is 0 Å². The molecule has 0 aliphatic rings. The van der Waals surface area contributed by atoms with Gasteiger partial charge < -0.3 is 14.7 Å². The van der Waals surface area contributed by atoms with Crippen LogP contribution in [-0.4, -0.2) is 14.7 Å². The molecule has 0 saturated heterocycles. The molecular formula is H6O6P4. The van der Waals surface area contributed by atoms with Gasteiger partial charge in [-0.1, -0.05) is 0 Å². The zero-order chi connectivity index (χ0) is 8.12. The standard InChI is InChI=1S/3HO2P.H3P/c3*1-3-2;/h3*(H,1,2);1H3. The molecule has 0 spiro atoms. The summed E-state index contributed by atoms with van der Waals surface area (Å²) in [6.45, 7) is 0. The van der Waals surface area contributed by atoms with E-state index < -0.39 is 26.1 Å². The van der Waals surface area contributed by atoms with Gasteiger partial charge in [-0.25, -0.2) is 13.7 Å². The van der Waals surface area contributed by atoms with Crippen molar-refractivity contribution in [1.82, 2.24) is 0 Å². The second-order valence-electron chi connectivity index (χ2n) is 0.245. The SMILES string of the molecule is O=PO.O=PO.O=PO.P. The van der Waals surface area contributed by atoms with Crippen LogP contribution in [0.25, 0.3) is 0 Å². The zero-order valence-corrected chi connectivity index (χ0v) is 8.71. The van der Waals surface area contributed by atoms with Crippen molar-refractivity contribution in [1.29, 1.82) is 0 Å². The largest absolute Gasteiger partial charge is 0.324 e. The number of rotatable bonds is 0. The highest BCUT2D eigenvalue weighted by Crippen LogP contribution is 1.66. The van der Waals surface area contributed by atoms with Crippen LogP contribution in [0.2, 0.25) is 0 Å². The third-order valence-corrected chi connectivity index (χ3v) is 0. The minimum absolute atomic E-state index is 0. The van der Waals surface area contributed by atoms with Crippen molar-refractivity contribution in [3.63, 3.8) is 0 Å². The molecule has 0 saturated carbocycles. The Balaban J connectivity index is -0.0000000257. The van der Waals surface area contributed by atoms with Crippen LogP contribution < -0.4 is 0 Å². The minimum atomic E-state index is -0.833. The molecule has 0 heterocycles. The molecule has 10 heteroatoms. The first-order valence-corrected chi connectivity index (χ1v) is 3.44. The normalized spacial score (nSPS) is 6.30. The van der Waals surface area contributed by atoms with Gasteiger partial charge in [-0.2, -0.15) is 9.90 Å². The predicted molar refractivity (Wildman–Crippen MR) is 40.6 cm³/mol. The summed E-state index contributed by atoms with van der Waals surface area (Å²) in [4.78, 5) is 21.0. The van der Waals surface area contributed by atoms with E-state index in [1.807, 2.05) is 0 Å². The van der Waals surface area contributed by atoms with E-state index in [0.717, 1.165) is 0 Å². The van der Waals surface area contributed by atoms with Gasteiger partial charge in [0.1, 0.15) is 0 Å². The van der Waals surface area contributed by atoms with Gasteiger partial charge >= 0.3 is 26.1 Å². The maximum atomic E-state index is 8.46. The van der Waals surface area contributed by atoms with Gasteiger partial charge in [-0.3, -0.25) is 0 Å². The molecule has 0 aromatic heterocycles. The third-order valence-electron chi connectivity index (χ3n) is 0. The van der Waals surface area contributed by atoms with Crippen LogP contribution >= 0.6 is 36.0 Å². The van der Waals surface area contributed by atoms with Crippen molar-refractivity contribution in [2.24, 2.45) is 0 Å². The van der Waals surface area contributed by atoms with E-state index in [4.69, 9.17) is 28.4 Å². The Morgan fingerprint density at radius 2 is 0.700 bits per heavy atom. The van der Waals surface area contributed by atoms with Gasteiger partial charge in [0.25, 0.3) is 0 Å². The van der Waals surface area contributed by atoms with Crippen LogP contribution in [0.4, 0.5) is 0 Å². The van der Waals surface area contributed by atoms with E-state index in [0.29, 0.717) is 0 Å². The van der Waals surface area contributed by atoms with Crippen LogP contribution in [0.15, 0.2) is 0 Å². The lowest BCUT2D eigenvalue weighted by Gasteiger charge is -1.24. The van der Waals surface area contributed by atoms with Gasteiger partial charge in [0, 0.05) is 0 Å². The summed E-state index contributed by atoms with van der Waals surface area (Å²) in [5.41, 5.74) is 0. The highest BCUT2D eigenvalue weighted by atomic mass is 31.1. The van der Waals surface area contributed by atoms with E-state index in [9.17, 15) is 0 Å². The van der Waals surface area contributed by atoms with Crippen LogP contribution in [0, 0.1) is 0 Å². The van der Waals surface area contributed by atoms with Gasteiger partial charge in [-0.15, -0.1) is 0 Å². The Hall–Kier alpha value is 0.610. The van der Waals surface area contributed by atoms with E-state index in [-0.39, 0.29) is 9.90 Å². The molecule has 62 valence electrons. The average molecular weight is 226 g/mol. The Morgan fingerprint density at radius 3 is 0.700 bits per heavy atom. The fourth-order valence-electron chi connectivity index (χ4n) is 0. The maximum absolute atomic E-state index is 8.46. The van der Waals surface area contributed by atoms with E-state index in [1.54, 1.807) is 0 Å². The number of hydrogen-bond donors (Lipinski definition) is 3. The monoisotopic (exact) mass is 226 g/mol. The van der Waals surface area contributed by atoms with E-state index in [2.05, 4.69) is 0 Å². The maximum Gasteiger partial charge on any atom is 0.324 e. The summed E-state index contributed by atoms with van der Waals surface area (Å²) < 4.78 is 25.4. The molecule has 0 amide bonds. The molecule has 0 aromatic carbocycles. The fraction of sp³-hybridized carbons (Fsp3) is 0.